The molecular weight excluding hydrogens is 396 g/mol. The van der Waals surface area contributed by atoms with Gasteiger partial charge in [-0.05, 0) is 60.4 Å². The Balaban J connectivity index is 1.81. The number of benzene rings is 1. The number of nitrogens with one attached hydrogen (secondary N) is 1. The van der Waals surface area contributed by atoms with Crippen LogP contribution in [0.3, 0.4) is 0 Å². The van der Waals surface area contributed by atoms with Gasteiger partial charge >= 0.3 is 0 Å². The summed E-state index contributed by atoms with van der Waals surface area (Å²) in [6, 6.07) is 6.35. The van der Waals surface area contributed by atoms with Gasteiger partial charge in [0.15, 0.2) is 0 Å². The van der Waals surface area contributed by atoms with Crippen LogP contribution in [0.15, 0.2) is 29.2 Å². The third-order valence-corrected chi connectivity index (χ3v) is 7.43. The van der Waals surface area contributed by atoms with Crippen molar-refractivity contribution in [1.82, 2.24) is 0 Å². The Morgan fingerprint density at radius 1 is 1.29 bits per heavy atom. The van der Waals surface area contributed by atoms with Gasteiger partial charge in [0, 0.05) is 10.6 Å². The Bertz CT molecular complexity index is 1000. The van der Waals surface area contributed by atoms with E-state index in [1.54, 1.807) is 6.07 Å². The average Bonchev–Trinajstić information content (AvgIpc) is 3.03. The highest BCUT2D eigenvalue weighted by atomic mass is 32.2. The molecule has 28 heavy (non-hydrogen) atoms. The van der Waals surface area contributed by atoms with E-state index < -0.39 is 10.0 Å². The molecule has 1 aromatic heterocycles. The summed E-state index contributed by atoms with van der Waals surface area (Å²) < 4.78 is 28.5. The number of amides is 1. The third kappa shape index (κ3) is 4.39. The maximum Gasteiger partial charge on any atom is 0.265 e. The van der Waals surface area contributed by atoms with E-state index >= 15 is 0 Å². The van der Waals surface area contributed by atoms with E-state index in [1.165, 1.54) is 41.0 Å². The number of carbonyl (C=O) groups excluding carboxylic acids is 1. The van der Waals surface area contributed by atoms with Gasteiger partial charge in [-0.15, -0.1) is 11.3 Å². The molecule has 152 valence electrons. The molecule has 1 aliphatic carbocycles. The number of primary sulfonamides is 1. The lowest BCUT2D eigenvalue weighted by atomic mass is 9.72. The van der Waals surface area contributed by atoms with Gasteiger partial charge in [0.05, 0.1) is 12.0 Å². The zero-order valence-corrected chi connectivity index (χ0v) is 18.2. The van der Waals surface area contributed by atoms with Crippen molar-refractivity contribution in [3.8, 4) is 5.75 Å². The van der Waals surface area contributed by atoms with Crippen LogP contribution in [0.5, 0.6) is 5.75 Å². The molecule has 0 fully saturated rings. The quantitative estimate of drug-likeness (QED) is 0.783. The summed E-state index contributed by atoms with van der Waals surface area (Å²) in [5, 5.41) is 8.01. The molecule has 0 aliphatic heterocycles. The number of nitrogens with two attached hydrogens (primary N) is 1. The van der Waals surface area contributed by atoms with Crippen LogP contribution >= 0.6 is 11.3 Å². The minimum atomic E-state index is -3.96. The van der Waals surface area contributed by atoms with Gasteiger partial charge in [0.2, 0.25) is 10.0 Å². The monoisotopic (exact) mass is 422 g/mol. The number of hydrogen-bond acceptors (Lipinski definition) is 5. The minimum absolute atomic E-state index is 0.139. The Labute approximate surface area is 170 Å². The highest BCUT2D eigenvalue weighted by molar-refractivity contribution is 7.89. The molecule has 1 atom stereocenters. The maximum atomic E-state index is 12.7. The van der Waals surface area contributed by atoms with E-state index in [0.717, 1.165) is 19.3 Å². The molecule has 3 rings (SSSR count). The standard InChI is InChI=1S/C20H26N2O4S2/c1-20(2,3)13-5-8-16-12(9-13)10-17(27-16)19(23)22-14-6-7-15(26-4)18(11-14)28(21,24)25/h6-7,10-11,13H,5,8-9H2,1-4H3,(H,22,23)(H2,21,24,25). The van der Waals surface area contributed by atoms with Gasteiger partial charge in [-0.1, -0.05) is 20.8 Å². The number of rotatable bonds is 4. The van der Waals surface area contributed by atoms with Gasteiger partial charge in [-0.25, -0.2) is 13.6 Å². The number of thiophene rings is 1. The number of carbonyl (C=O) groups is 1. The first kappa shape index (κ1) is 20.8. The largest absolute Gasteiger partial charge is 0.495 e. The third-order valence-electron chi connectivity index (χ3n) is 5.26. The molecular formula is C20H26N2O4S2. The van der Waals surface area contributed by atoms with Crippen molar-refractivity contribution >= 4 is 33.0 Å². The van der Waals surface area contributed by atoms with E-state index in [0.29, 0.717) is 16.5 Å². The Morgan fingerprint density at radius 2 is 2.00 bits per heavy atom. The van der Waals surface area contributed by atoms with Crippen LogP contribution < -0.4 is 15.2 Å². The molecule has 8 heteroatoms. The highest BCUT2D eigenvalue weighted by Gasteiger charge is 2.30. The van der Waals surface area contributed by atoms with Gasteiger partial charge in [-0.3, -0.25) is 4.79 Å². The molecule has 0 saturated carbocycles. The highest BCUT2D eigenvalue weighted by Crippen LogP contribution is 2.40. The number of aryl methyl sites for hydroxylation is 1. The topological polar surface area (TPSA) is 98.5 Å². The lowest BCUT2D eigenvalue weighted by Crippen LogP contribution is -2.26. The van der Waals surface area contributed by atoms with Crippen LogP contribution in [0, 0.1) is 11.3 Å². The van der Waals surface area contributed by atoms with Crippen molar-refractivity contribution in [1.29, 1.82) is 0 Å². The molecule has 1 aliphatic rings. The smallest absolute Gasteiger partial charge is 0.265 e. The molecule has 1 unspecified atom stereocenters. The van der Waals surface area contributed by atoms with Crippen LogP contribution in [0.25, 0.3) is 0 Å². The molecule has 3 N–H and O–H groups in total. The Morgan fingerprint density at radius 3 is 2.61 bits per heavy atom. The summed E-state index contributed by atoms with van der Waals surface area (Å²) in [6.07, 6.45) is 3.11. The first-order valence-electron chi connectivity index (χ1n) is 9.13. The number of ether oxygens (including phenoxy) is 1. The number of fused-ring (bicyclic) bond motifs is 1. The van der Waals surface area contributed by atoms with E-state index in [1.807, 2.05) is 6.07 Å². The van der Waals surface area contributed by atoms with Gasteiger partial charge in [-0.2, -0.15) is 0 Å². The summed E-state index contributed by atoms with van der Waals surface area (Å²) in [7, 11) is -2.60. The van der Waals surface area contributed by atoms with E-state index in [2.05, 4.69) is 26.1 Å². The second kappa shape index (κ2) is 7.50. The predicted octanol–water partition coefficient (Wildman–Crippen LogP) is 3.81. The lowest BCUT2D eigenvalue weighted by molar-refractivity contribution is 0.103. The number of methoxy groups -OCH3 is 1. The van der Waals surface area contributed by atoms with Crippen molar-refractivity contribution in [2.45, 2.75) is 44.9 Å². The van der Waals surface area contributed by atoms with Crippen molar-refractivity contribution in [2.24, 2.45) is 16.5 Å². The molecule has 0 radical (unpaired) electrons. The summed E-state index contributed by atoms with van der Waals surface area (Å²) in [4.78, 5) is 14.5. The van der Waals surface area contributed by atoms with Gasteiger partial charge in [0.1, 0.15) is 10.6 Å². The van der Waals surface area contributed by atoms with Gasteiger partial charge in [0.25, 0.3) is 5.91 Å². The summed E-state index contributed by atoms with van der Waals surface area (Å²) in [6.45, 7) is 6.78. The van der Waals surface area contributed by atoms with Gasteiger partial charge < -0.3 is 10.1 Å². The fourth-order valence-electron chi connectivity index (χ4n) is 3.54. The minimum Gasteiger partial charge on any atom is -0.495 e. The molecule has 0 spiro atoms. The first-order valence-corrected chi connectivity index (χ1v) is 11.5. The fourth-order valence-corrected chi connectivity index (χ4v) is 5.37. The zero-order valence-electron chi connectivity index (χ0n) is 16.5. The molecule has 1 aromatic carbocycles. The van der Waals surface area contributed by atoms with E-state index in [-0.39, 0.29) is 22.0 Å². The molecule has 1 amide bonds. The maximum absolute atomic E-state index is 12.7. The van der Waals surface area contributed by atoms with Crippen molar-refractivity contribution in [3.63, 3.8) is 0 Å². The van der Waals surface area contributed by atoms with Crippen LogP contribution in [0.2, 0.25) is 0 Å². The normalized spacial score (nSPS) is 17.1. The fraction of sp³-hybridized carbons (Fsp3) is 0.450. The Kier molecular flexibility index (Phi) is 5.58. The molecule has 6 nitrogen and oxygen atoms in total. The predicted molar refractivity (Wildman–Crippen MR) is 112 cm³/mol. The molecule has 2 aromatic rings. The van der Waals surface area contributed by atoms with E-state index in [9.17, 15) is 13.2 Å². The zero-order chi connectivity index (χ0) is 20.7. The SMILES string of the molecule is COc1ccc(NC(=O)c2cc3c(s2)CCC(C(C)(C)C)C3)cc1S(N)(=O)=O. The second-order valence-corrected chi connectivity index (χ2v) is 10.9. The summed E-state index contributed by atoms with van der Waals surface area (Å²) >= 11 is 1.51. The van der Waals surface area contributed by atoms with E-state index in [4.69, 9.17) is 9.88 Å². The molecule has 0 saturated heterocycles. The summed E-state index contributed by atoms with van der Waals surface area (Å²) in [5.41, 5.74) is 1.85. The second-order valence-electron chi connectivity index (χ2n) is 8.23. The van der Waals surface area contributed by atoms with Crippen molar-refractivity contribution < 1.29 is 17.9 Å². The van der Waals surface area contributed by atoms with Crippen molar-refractivity contribution in [3.05, 3.63) is 39.6 Å². The van der Waals surface area contributed by atoms with Crippen molar-refractivity contribution in [2.75, 3.05) is 12.4 Å². The molecule has 1 heterocycles. The lowest BCUT2D eigenvalue weighted by Gasteiger charge is -2.33. The number of hydrogen-bond donors (Lipinski definition) is 2. The number of sulfonamides is 1. The molecule has 0 bridgehead atoms. The van der Waals surface area contributed by atoms with Crippen LogP contribution in [0.4, 0.5) is 5.69 Å². The first-order chi connectivity index (χ1) is 13.0. The number of anilines is 1. The van der Waals surface area contributed by atoms with Crippen LogP contribution in [-0.2, 0) is 22.9 Å². The van der Waals surface area contributed by atoms with Crippen LogP contribution in [0.1, 0.15) is 47.3 Å². The Hall–Kier alpha value is -1.90. The summed E-state index contributed by atoms with van der Waals surface area (Å²) in [5.74, 6) is 0.488. The average molecular weight is 423 g/mol. The van der Waals surface area contributed by atoms with Crippen LogP contribution in [-0.4, -0.2) is 21.4 Å².